The zero-order valence-electron chi connectivity index (χ0n) is 11.6. The minimum absolute atomic E-state index is 0. The number of sulfonamides is 1. The molecule has 0 radical (unpaired) electrons. The molecule has 0 amide bonds. The van der Waals surface area contributed by atoms with Gasteiger partial charge in [-0.2, -0.15) is 0 Å². The third kappa shape index (κ3) is 5.03. The van der Waals surface area contributed by atoms with Gasteiger partial charge in [0.1, 0.15) is 0 Å². The lowest BCUT2D eigenvalue weighted by Crippen LogP contribution is -2.46. The van der Waals surface area contributed by atoms with E-state index in [1.807, 2.05) is 20.8 Å². The van der Waals surface area contributed by atoms with Crippen molar-refractivity contribution in [3.05, 3.63) is 0 Å². The molecule has 110 valence electrons. The highest BCUT2D eigenvalue weighted by atomic mass is 35.5. The minimum Gasteiger partial charge on any atom is -0.328 e. The van der Waals surface area contributed by atoms with Crippen molar-refractivity contribution in [2.24, 2.45) is 17.6 Å². The second-order valence-electron chi connectivity index (χ2n) is 5.41. The molecule has 1 aliphatic rings. The van der Waals surface area contributed by atoms with E-state index in [4.69, 9.17) is 5.73 Å². The van der Waals surface area contributed by atoms with E-state index in [0.29, 0.717) is 19.0 Å². The average Bonchev–Trinajstić information content (AvgIpc) is 2.28. The van der Waals surface area contributed by atoms with E-state index in [2.05, 4.69) is 0 Å². The standard InChI is InChI=1S/C12H26N2O2S.ClH/c1-4-10(2)9-17(15,16)14-7-5-6-12(8-14)11(3)13;/h10-12H,4-9,13H2,1-3H3;1H. The third-order valence-electron chi connectivity index (χ3n) is 3.75. The number of nitrogens with zero attached hydrogens (tertiary/aromatic N) is 1. The number of piperidine rings is 1. The molecule has 1 fully saturated rings. The number of nitrogens with two attached hydrogens (primary N) is 1. The van der Waals surface area contributed by atoms with Crippen molar-refractivity contribution >= 4 is 22.4 Å². The summed E-state index contributed by atoms with van der Waals surface area (Å²) in [5, 5.41) is 0. The maximum absolute atomic E-state index is 12.2. The fraction of sp³-hybridized carbons (Fsp3) is 1.00. The summed E-state index contributed by atoms with van der Waals surface area (Å²) in [6.07, 6.45) is 2.89. The maximum atomic E-state index is 12.2. The van der Waals surface area contributed by atoms with E-state index in [9.17, 15) is 8.42 Å². The first-order chi connectivity index (χ1) is 7.86. The third-order valence-corrected chi connectivity index (χ3v) is 5.86. The molecular weight excluding hydrogens is 272 g/mol. The molecule has 0 aliphatic carbocycles. The number of hydrogen-bond acceptors (Lipinski definition) is 3. The minimum atomic E-state index is -3.08. The van der Waals surface area contributed by atoms with Crippen LogP contribution < -0.4 is 5.73 Å². The van der Waals surface area contributed by atoms with Crippen LogP contribution in [0.1, 0.15) is 40.0 Å². The Morgan fingerprint density at radius 3 is 2.50 bits per heavy atom. The number of rotatable bonds is 5. The Balaban J connectivity index is 0.00000289. The largest absolute Gasteiger partial charge is 0.328 e. The molecule has 18 heavy (non-hydrogen) atoms. The number of hydrogen-bond donors (Lipinski definition) is 1. The average molecular weight is 299 g/mol. The second kappa shape index (κ2) is 7.68. The first-order valence-electron chi connectivity index (χ1n) is 6.60. The predicted molar refractivity (Wildman–Crippen MR) is 78.4 cm³/mol. The SMILES string of the molecule is CCC(C)CS(=O)(=O)N1CCCC(C(C)N)C1.Cl. The second-order valence-corrected chi connectivity index (χ2v) is 7.42. The molecule has 3 atom stereocenters. The molecular formula is C12H27ClN2O2S. The van der Waals surface area contributed by atoms with Crippen LogP contribution in [0.2, 0.25) is 0 Å². The van der Waals surface area contributed by atoms with Crippen molar-refractivity contribution in [1.82, 2.24) is 4.31 Å². The van der Waals surface area contributed by atoms with Crippen LogP contribution in [0.25, 0.3) is 0 Å². The van der Waals surface area contributed by atoms with E-state index in [1.165, 1.54) is 0 Å². The Morgan fingerprint density at radius 1 is 1.39 bits per heavy atom. The molecule has 2 N–H and O–H groups in total. The molecule has 1 aliphatic heterocycles. The lowest BCUT2D eigenvalue weighted by atomic mass is 9.93. The lowest BCUT2D eigenvalue weighted by Gasteiger charge is -2.34. The quantitative estimate of drug-likeness (QED) is 0.842. The lowest BCUT2D eigenvalue weighted by molar-refractivity contribution is 0.242. The highest BCUT2D eigenvalue weighted by Gasteiger charge is 2.30. The van der Waals surface area contributed by atoms with Gasteiger partial charge < -0.3 is 5.73 Å². The molecule has 0 aromatic heterocycles. The summed E-state index contributed by atoms with van der Waals surface area (Å²) in [7, 11) is -3.08. The molecule has 0 aromatic carbocycles. The van der Waals surface area contributed by atoms with Gasteiger partial charge in [-0.1, -0.05) is 20.3 Å². The van der Waals surface area contributed by atoms with Crippen molar-refractivity contribution < 1.29 is 8.42 Å². The van der Waals surface area contributed by atoms with Gasteiger partial charge in [0.2, 0.25) is 10.0 Å². The van der Waals surface area contributed by atoms with Crippen molar-refractivity contribution in [2.75, 3.05) is 18.8 Å². The Labute approximate surface area is 118 Å². The summed E-state index contributed by atoms with van der Waals surface area (Å²) < 4.78 is 26.1. The van der Waals surface area contributed by atoms with Crippen molar-refractivity contribution in [3.63, 3.8) is 0 Å². The highest BCUT2D eigenvalue weighted by molar-refractivity contribution is 7.89. The summed E-state index contributed by atoms with van der Waals surface area (Å²) in [5.41, 5.74) is 5.88. The fourth-order valence-corrected chi connectivity index (χ4v) is 4.23. The Bertz CT molecular complexity index is 333. The molecule has 6 heteroatoms. The molecule has 0 aromatic rings. The van der Waals surface area contributed by atoms with E-state index >= 15 is 0 Å². The van der Waals surface area contributed by atoms with Gasteiger partial charge in [0.05, 0.1) is 5.75 Å². The van der Waals surface area contributed by atoms with Crippen LogP contribution in [-0.2, 0) is 10.0 Å². The van der Waals surface area contributed by atoms with Gasteiger partial charge in [-0.25, -0.2) is 12.7 Å². The molecule has 1 saturated heterocycles. The first kappa shape index (κ1) is 18.2. The predicted octanol–water partition coefficient (Wildman–Crippen LogP) is 1.84. The Morgan fingerprint density at radius 2 is 2.00 bits per heavy atom. The van der Waals surface area contributed by atoms with E-state index < -0.39 is 10.0 Å². The van der Waals surface area contributed by atoms with Gasteiger partial charge in [0.15, 0.2) is 0 Å². The maximum Gasteiger partial charge on any atom is 0.214 e. The van der Waals surface area contributed by atoms with Gasteiger partial charge in [-0.15, -0.1) is 12.4 Å². The van der Waals surface area contributed by atoms with Crippen LogP contribution in [-0.4, -0.2) is 37.6 Å². The monoisotopic (exact) mass is 298 g/mol. The van der Waals surface area contributed by atoms with Crippen LogP contribution in [0, 0.1) is 11.8 Å². The van der Waals surface area contributed by atoms with Crippen molar-refractivity contribution in [3.8, 4) is 0 Å². The Kier molecular flexibility index (Phi) is 7.75. The van der Waals surface area contributed by atoms with E-state index in [0.717, 1.165) is 19.3 Å². The number of halogens is 1. The van der Waals surface area contributed by atoms with Crippen LogP contribution in [0.3, 0.4) is 0 Å². The molecule has 0 saturated carbocycles. The van der Waals surface area contributed by atoms with Gasteiger partial charge in [-0.3, -0.25) is 0 Å². The smallest absolute Gasteiger partial charge is 0.214 e. The van der Waals surface area contributed by atoms with E-state index in [-0.39, 0.29) is 30.1 Å². The van der Waals surface area contributed by atoms with Crippen LogP contribution >= 0.6 is 12.4 Å². The normalized spacial score (nSPS) is 25.2. The molecule has 0 spiro atoms. The molecule has 4 nitrogen and oxygen atoms in total. The van der Waals surface area contributed by atoms with E-state index in [1.54, 1.807) is 4.31 Å². The van der Waals surface area contributed by atoms with Gasteiger partial charge in [0.25, 0.3) is 0 Å². The fourth-order valence-electron chi connectivity index (χ4n) is 2.24. The molecule has 3 unspecified atom stereocenters. The topological polar surface area (TPSA) is 63.4 Å². The van der Waals surface area contributed by atoms with Crippen LogP contribution in [0.5, 0.6) is 0 Å². The van der Waals surface area contributed by atoms with Gasteiger partial charge in [-0.05, 0) is 31.6 Å². The van der Waals surface area contributed by atoms with Crippen LogP contribution in [0.4, 0.5) is 0 Å². The summed E-state index contributed by atoms with van der Waals surface area (Å²) in [6.45, 7) is 7.26. The summed E-state index contributed by atoms with van der Waals surface area (Å²) in [6, 6.07) is 0.0802. The van der Waals surface area contributed by atoms with Crippen molar-refractivity contribution in [1.29, 1.82) is 0 Å². The summed E-state index contributed by atoms with van der Waals surface area (Å²) in [5.74, 6) is 0.820. The molecule has 0 bridgehead atoms. The van der Waals surface area contributed by atoms with Gasteiger partial charge in [0, 0.05) is 19.1 Å². The first-order valence-corrected chi connectivity index (χ1v) is 8.21. The zero-order valence-corrected chi connectivity index (χ0v) is 13.3. The van der Waals surface area contributed by atoms with Gasteiger partial charge >= 0.3 is 0 Å². The highest BCUT2D eigenvalue weighted by Crippen LogP contribution is 2.22. The van der Waals surface area contributed by atoms with Crippen molar-refractivity contribution in [2.45, 2.75) is 46.1 Å². The molecule has 1 heterocycles. The Hall–Kier alpha value is 0.160. The molecule has 1 rings (SSSR count). The van der Waals surface area contributed by atoms with Crippen LogP contribution in [0.15, 0.2) is 0 Å². The summed E-state index contributed by atoms with van der Waals surface area (Å²) in [4.78, 5) is 0. The zero-order chi connectivity index (χ0) is 13.1. The summed E-state index contributed by atoms with van der Waals surface area (Å²) >= 11 is 0.